The topological polar surface area (TPSA) is 90.9 Å². The molecule has 0 bridgehead atoms. The first kappa shape index (κ1) is 10.4. The summed E-state index contributed by atoms with van der Waals surface area (Å²) in [6.07, 6.45) is 1.30. The molecule has 0 amide bonds. The molecule has 0 unspecified atom stereocenters. The lowest BCUT2D eigenvalue weighted by Crippen LogP contribution is -2.26. The molecule has 1 rings (SSSR count). The summed E-state index contributed by atoms with van der Waals surface area (Å²) in [4.78, 5) is 3.71. The quantitative estimate of drug-likeness (QED) is 0.176. The highest BCUT2D eigenvalue weighted by atomic mass is 32.1. The summed E-state index contributed by atoms with van der Waals surface area (Å²) in [5.74, 6) is 5.03. The van der Waals surface area contributed by atoms with E-state index in [1.54, 1.807) is 0 Å². The van der Waals surface area contributed by atoms with E-state index in [1.807, 2.05) is 0 Å². The van der Waals surface area contributed by atoms with E-state index in [1.165, 1.54) is 24.4 Å². The molecule has 5 N–H and O–H groups in total. The third-order valence-corrected chi connectivity index (χ3v) is 1.68. The largest absolute Gasteiger partial charge is 0.508 e. The molecule has 14 heavy (non-hydrogen) atoms. The van der Waals surface area contributed by atoms with Crippen molar-refractivity contribution in [2.45, 2.75) is 0 Å². The molecule has 0 spiro atoms. The van der Waals surface area contributed by atoms with Gasteiger partial charge in [0, 0.05) is 11.8 Å². The van der Waals surface area contributed by atoms with Gasteiger partial charge in [-0.1, -0.05) is 0 Å². The molecule has 0 aliphatic heterocycles. The van der Waals surface area contributed by atoms with Crippen molar-refractivity contribution in [3.05, 3.63) is 23.8 Å². The molecular weight excluding hydrogens is 202 g/mol. The molecule has 0 aliphatic rings. The van der Waals surface area contributed by atoms with E-state index < -0.39 is 0 Å². The van der Waals surface area contributed by atoms with E-state index in [0.717, 1.165) is 0 Å². The summed E-state index contributed by atoms with van der Waals surface area (Å²) in [7, 11) is 0. The van der Waals surface area contributed by atoms with Crippen molar-refractivity contribution in [3.8, 4) is 11.5 Å². The lowest BCUT2D eigenvalue weighted by atomic mass is 10.2. The number of hydrogen-bond donors (Lipinski definition) is 4. The predicted octanol–water partition coefficient (Wildman–Crippen LogP) is 0.265. The third kappa shape index (κ3) is 2.68. The minimum atomic E-state index is 0.00590. The number of benzene rings is 1. The Kier molecular flexibility index (Phi) is 3.38. The van der Waals surface area contributed by atoms with Gasteiger partial charge in [-0.05, 0) is 30.4 Å². The van der Waals surface area contributed by atoms with Crippen molar-refractivity contribution in [1.29, 1.82) is 0 Å². The molecule has 5 nitrogen and oxygen atoms in total. The highest BCUT2D eigenvalue weighted by Gasteiger charge is 1.99. The van der Waals surface area contributed by atoms with Crippen molar-refractivity contribution >= 4 is 23.5 Å². The predicted molar refractivity (Wildman–Crippen MR) is 57.3 cm³/mol. The van der Waals surface area contributed by atoms with Gasteiger partial charge in [-0.15, -0.1) is 0 Å². The first-order chi connectivity index (χ1) is 6.63. The van der Waals surface area contributed by atoms with Gasteiger partial charge in [-0.25, -0.2) is 10.8 Å². The van der Waals surface area contributed by atoms with Crippen molar-refractivity contribution in [1.82, 2.24) is 5.43 Å². The Bertz CT molecular complexity index is 379. The molecule has 0 saturated carbocycles. The number of nitrogens with zero attached hydrogens (tertiary/aromatic N) is 1. The second-order valence-electron chi connectivity index (χ2n) is 2.45. The van der Waals surface area contributed by atoms with Crippen LogP contribution in [0, 0.1) is 0 Å². The molecule has 0 fully saturated rings. The van der Waals surface area contributed by atoms with Crippen molar-refractivity contribution in [2.75, 3.05) is 0 Å². The number of thiocarbonyl (C=S) groups is 1. The maximum atomic E-state index is 9.32. The molecule has 1 aromatic rings. The van der Waals surface area contributed by atoms with Crippen LogP contribution in [0.15, 0.2) is 23.2 Å². The summed E-state index contributed by atoms with van der Waals surface area (Å²) in [5, 5.41) is 18.5. The molecule has 6 heteroatoms. The van der Waals surface area contributed by atoms with Crippen LogP contribution in [0.5, 0.6) is 11.5 Å². The second-order valence-corrected chi connectivity index (χ2v) is 2.84. The molecule has 0 radical (unpaired) electrons. The summed E-state index contributed by atoms with van der Waals surface area (Å²) >= 11 is 4.65. The average molecular weight is 211 g/mol. The summed E-state index contributed by atoms with van der Waals surface area (Å²) < 4.78 is 0. The van der Waals surface area contributed by atoms with Gasteiger partial charge in [0.2, 0.25) is 5.11 Å². The van der Waals surface area contributed by atoms with Gasteiger partial charge < -0.3 is 10.2 Å². The number of aliphatic imine (C=N–C) groups is 1. The second kappa shape index (κ2) is 4.54. The van der Waals surface area contributed by atoms with Gasteiger partial charge in [0.25, 0.3) is 0 Å². The molecule has 0 saturated heterocycles. The Morgan fingerprint density at radius 2 is 2.21 bits per heavy atom. The fourth-order valence-corrected chi connectivity index (χ4v) is 0.863. The highest BCUT2D eigenvalue weighted by molar-refractivity contribution is 7.80. The van der Waals surface area contributed by atoms with Crippen LogP contribution in [-0.4, -0.2) is 21.5 Å². The highest BCUT2D eigenvalue weighted by Crippen LogP contribution is 2.19. The zero-order valence-corrected chi connectivity index (χ0v) is 7.95. The fourth-order valence-electron chi connectivity index (χ4n) is 0.811. The van der Waals surface area contributed by atoms with E-state index in [4.69, 9.17) is 10.9 Å². The fraction of sp³-hybridized carbons (Fsp3) is 0. The first-order valence-electron chi connectivity index (χ1n) is 3.70. The minimum Gasteiger partial charge on any atom is -0.508 e. The SMILES string of the molecule is NNC(=S)N=Cc1cc(O)ccc1O. The van der Waals surface area contributed by atoms with Crippen LogP contribution >= 0.6 is 12.2 Å². The van der Waals surface area contributed by atoms with E-state index in [9.17, 15) is 5.11 Å². The Balaban J connectivity index is 2.90. The Morgan fingerprint density at radius 1 is 1.50 bits per heavy atom. The van der Waals surface area contributed by atoms with Gasteiger partial charge in [0.1, 0.15) is 11.5 Å². The van der Waals surface area contributed by atoms with Gasteiger partial charge in [-0.2, -0.15) is 0 Å². The molecule has 0 heterocycles. The van der Waals surface area contributed by atoms with Crippen LogP contribution in [0.1, 0.15) is 5.56 Å². The smallest absolute Gasteiger partial charge is 0.207 e. The Morgan fingerprint density at radius 3 is 2.86 bits per heavy atom. The van der Waals surface area contributed by atoms with Crippen molar-refractivity contribution < 1.29 is 10.2 Å². The minimum absolute atomic E-state index is 0.00590. The number of phenols is 2. The van der Waals surface area contributed by atoms with Gasteiger partial charge >= 0.3 is 0 Å². The molecule has 0 atom stereocenters. The van der Waals surface area contributed by atoms with Crippen molar-refractivity contribution in [2.24, 2.45) is 10.8 Å². The number of phenolic OH excluding ortho intramolecular Hbond substituents is 2. The van der Waals surface area contributed by atoms with E-state index >= 15 is 0 Å². The molecule has 0 aliphatic carbocycles. The van der Waals surface area contributed by atoms with E-state index in [-0.39, 0.29) is 16.6 Å². The number of aromatic hydroxyl groups is 2. The third-order valence-electron chi connectivity index (χ3n) is 1.46. The Labute approximate surface area is 85.9 Å². The lowest BCUT2D eigenvalue weighted by molar-refractivity contribution is 0.459. The maximum absolute atomic E-state index is 9.32. The zero-order valence-electron chi connectivity index (χ0n) is 7.14. The lowest BCUT2D eigenvalue weighted by Gasteiger charge is -1.99. The van der Waals surface area contributed by atoms with Gasteiger partial charge in [0.05, 0.1) is 0 Å². The molecule has 74 valence electrons. The number of nitrogens with two attached hydrogens (primary N) is 1. The van der Waals surface area contributed by atoms with E-state index in [2.05, 4.69) is 22.6 Å². The Hall–Kier alpha value is -1.66. The normalized spacial score (nSPS) is 10.4. The first-order valence-corrected chi connectivity index (χ1v) is 4.11. The summed E-state index contributed by atoms with van der Waals surface area (Å²) in [5.41, 5.74) is 2.52. The van der Waals surface area contributed by atoms with Crippen LogP contribution in [-0.2, 0) is 0 Å². The van der Waals surface area contributed by atoms with Crippen LogP contribution in [0.2, 0.25) is 0 Å². The average Bonchev–Trinajstić information content (AvgIpc) is 2.19. The number of hydrogen-bond acceptors (Lipinski definition) is 4. The van der Waals surface area contributed by atoms with Crippen LogP contribution < -0.4 is 11.3 Å². The maximum Gasteiger partial charge on any atom is 0.207 e. The van der Waals surface area contributed by atoms with E-state index in [0.29, 0.717) is 5.56 Å². The van der Waals surface area contributed by atoms with Gasteiger partial charge in [-0.3, -0.25) is 5.43 Å². The van der Waals surface area contributed by atoms with Crippen LogP contribution in [0.4, 0.5) is 0 Å². The number of hydrazine groups is 1. The summed E-state index contributed by atoms with van der Waals surface area (Å²) in [6.45, 7) is 0. The monoisotopic (exact) mass is 211 g/mol. The number of nitrogens with one attached hydrogen (secondary N) is 1. The number of rotatable bonds is 1. The van der Waals surface area contributed by atoms with Crippen LogP contribution in [0.25, 0.3) is 0 Å². The van der Waals surface area contributed by atoms with Crippen LogP contribution in [0.3, 0.4) is 0 Å². The van der Waals surface area contributed by atoms with Gasteiger partial charge in [0.15, 0.2) is 0 Å². The molecule has 0 aromatic heterocycles. The molecular formula is C8H9N3O2S. The standard InChI is InChI=1S/C8H9N3O2S/c9-11-8(14)10-4-5-3-6(12)1-2-7(5)13/h1-4,12-13H,9H2,(H,11,14). The summed E-state index contributed by atoms with van der Waals surface area (Å²) in [6, 6.07) is 4.08. The molecule has 1 aromatic carbocycles. The van der Waals surface area contributed by atoms with Crippen molar-refractivity contribution in [3.63, 3.8) is 0 Å². The zero-order chi connectivity index (χ0) is 10.6.